The van der Waals surface area contributed by atoms with Gasteiger partial charge < -0.3 is 14.4 Å². The first kappa shape index (κ1) is 10.7. The van der Waals surface area contributed by atoms with Crippen molar-refractivity contribution in [2.45, 2.75) is 31.6 Å². The first-order valence-corrected chi connectivity index (χ1v) is 5.77. The van der Waals surface area contributed by atoms with E-state index in [1.54, 1.807) is 0 Å². The summed E-state index contributed by atoms with van der Waals surface area (Å²) in [6.07, 6.45) is 2.90. The molecule has 2 bridgehead atoms. The van der Waals surface area contributed by atoms with Crippen molar-refractivity contribution in [3.63, 3.8) is 0 Å². The van der Waals surface area contributed by atoms with Gasteiger partial charge in [0.05, 0.1) is 18.8 Å². The third-order valence-corrected chi connectivity index (χ3v) is 3.28. The molecule has 6 heteroatoms. The molecule has 3 rings (SSSR count). The molecular formula is C11H14N2O4. The standard InChI is InChI=1S/C11H14N2O4/c14-11(15)10-3-9(17-12-10)6-13-4-7-1-2-8(5-13)16-7/h3,7-8H,1-2,4-6H2,(H,14,15). The fraction of sp³-hybridized carbons (Fsp3) is 0.636. The lowest BCUT2D eigenvalue weighted by molar-refractivity contribution is -0.0431. The average Bonchev–Trinajstić information content (AvgIpc) is 2.86. The van der Waals surface area contributed by atoms with E-state index < -0.39 is 5.97 Å². The third kappa shape index (κ3) is 2.18. The van der Waals surface area contributed by atoms with Gasteiger partial charge in [0.15, 0.2) is 11.5 Å². The lowest BCUT2D eigenvalue weighted by Gasteiger charge is -2.31. The Balaban J connectivity index is 1.64. The largest absolute Gasteiger partial charge is 0.476 e. The summed E-state index contributed by atoms with van der Waals surface area (Å²) in [6, 6.07) is 1.49. The van der Waals surface area contributed by atoms with Crippen molar-refractivity contribution in [2.75, 3.05) is 13.1 Å². The van der Waals surface area contributed by atoms with Gasteiger partial charge in [0.1, 0.15) is 0 Å². The summed E-state index contributed by atoms with van der Waals surface area (Å²) in [5, 5.41) is 12.2. The number of nitrogens with zero attached hydrogens (tertiary/aromatic N) is 2. The molecule has 2 aliphatic heterocycles. The first-order valence-electron chi connectivity index (χ1n) is 5.77. The summed E-state index contributed by atoms with van der Waals surface area (Å²) in [7, 11) is 0. The van der Waals surface area contributed by atoms with E-state index in [2.05, 4.69) is 10.1 Å². The summed E-state index contributed by atoms with van der Waals surface area (Å²) >= 11 is 0. The van der Waals surface area contributed by atoms with Crippen LogP contribution in [0.3, 0.4) is 0 Å². The Morgan fingerprint density at radius 1 is 1.47 bits per heavy atom. The molecule has 2 saturated heterocycles. The molecule has 0 aromatic carbocycles. The van der Waals surface area contributed by atoms with Crippen LogP contribution in [0.4, 0.5) is 0 Å². The lowest BCUT2D eigenvalue weighted by atomic mass is 10.2. The predicted molar refractivity (Wildman–Crippen MR) is 56.6 cm³/mol. The Bertz CT molecular complexity index is 419. The summed E-state index contributed by atoms with van der Waals surface area (Å²) in [4.78, 5) is 12.9. The minimum atomic E-state index is -1.05. The smallest absolute Gasteiger partial charge is 0.358 e. The Hall–Kier alpha value is -1.40. The van der Waals surface area contributed by atoms with E-state index in [1.807, 2.05) is 0 Å². The van der Waals surface area contributed by atoms with E-state index in [9.17, 15) is 4.79 Å². The molecule has 3 heterocycles. The summed E-state index contributed by atoms with van der Waals surface area (Å²) < 4.78 is 10.7. The van der Waals surface area contributed by atoms with Crippen molar-refractivity contribution >= 4 is 5.97 Å². The zero-order valence-corrected chi connectivity index (χ0v) is 9.33. The molecule has 2 aliphatic rings. The zero-order valence-electron chi connectivity index (χ0n) is 9.33. The minimum absolute atomic E-state index is 0.0313. The number of carboxylic acid groups (broad SMARTS) is 1. The molecule has 0 spiro atoms. The maximum absolute atomic E-state index is 10.7. The van der Waals surface area contributed by atoms with E-state index in [0.717, 1.165) is 25.9 Å². The molecule has 0 radical (unpaired) electrons. The van der Waals surface area contributed by atoms with Crippen LogP contribution in [-0.4, -0.2) is 46.4 Å². The van der Waals surface area contributed by atoms with E-state index in [0.29, 0.717) is 24.5 Å². The monoisotopic (exact) mass is 238 g/mol. The van der Waals surface area contributed by atoms with Gasteiger partial charge in [-0.1, -0.05) is 5.16 Å². The summed E-state index contributed by atoms with van der Waals surface area (Å²) in [5.41, 5.74) is -0.0313. The Morgan fingerprint density at radius 3 is 2.76 bits per heavy atom. The molecule has 0 amide bonds. The van der Waals surface area contributed by atoms with Crippen LogP contribution in [0, 0.1) is 0 Å². The third-order valence-electron chi connectivity index (χ3n) is 3.28. The highest BCUT2D eigenvalue weighted by Gasteiger charge is 2.33. The number of fused-ring (bicyclic) bond motifs is 2. The van der Waals surface area contributed by atoms with Gasteiger partial charge in [-0.15, -0.1) is 0 Å². The quantitative estimate of drug-likeness (QED) is 0.836. The van der Waals surface area contributed by atoms with E-state index in [4.69, 9.17) is 14.4 Å². The van der Waals surface area contributed by atoms with Gasteiger partial charge in [-0.3, -0.25) is 4.90 Å². The maximum atomic E-state index is 10.7. The highest BCUT2D eigenvalue weighted by molar-refractivity contribution is 5.85. The molecule has 17 heavy (non-hydrogen) atoms. The number of carbonyl (C=O) groups is 1. The molecule has 1 aromatic rings. The number of likely N-dealkylation sites (tertiary alicyclic amines) is 1. The van der Waals surface area contributed by atoms with Crippen LogP contribution in [0.2, 0.25) is 0 Å². The van der Waals surface area contributed by atoms with Crippen molar-refractivity contribution in [2.24, 2.45) is 0 Å². The summed E-state index contributed by atoms with van der Waals surface area (Å²) in [6.45, 7) is 2.38. The van der Waals surface area contributed by atoms with Gasteiger partial charge in [0.25, 0.3) is 0 Å². The molecule has 2 fully saturated rings. The molecule has 6 nitrogen and oxygen atoms in total. The number of carboxylic acids is 1. The Morgan fingerprint density at radius 2 is 2.18 bits per heavy atom. The van der Waals surface area contributed by atoms with Gasteiger partial charge in [0.2, 0.25) is 0 Å². The molecule has 0 saturated carbocycles. The van der Waals surface area contributed by atoms with Crippen molar-refractivity contribution in [1.29, 1.82) is 0 Å². The van der Waals surface area contributed by atoms with Crippen molar-refractivity contribution in [3.05, 3.63) is 17.5 Å². The lowest BCUT2D eigenvalue weighted by Crippen LogP contribution is -2.41. The minimum Gasteiger partial charge on any atom is -0.476 e. The zero-order chi connectivity index (χ0) is 11.8. The molecular weight excluding hydrogens is 224 g/mol. The van der Waals surface area contributed by atoms with Gasteiger partial charge in [-0.25, -0.2) is 4.79 Å². The number of aromatic carboxylic acids is 1. The van der Waals surface area contributed by atoms with Crippen LogP contribution in [0.1, 0.15) is 29.1 Å². The number of aromatic nitrogens is 1. The normalized spacial score (nSPS) is 28.5. The molecule has 1 N–H and O–H groups in total. The second kappa shape index (κ2) is 4.12. The predicted octanol–water partition coefficient (Wildman–Crippen LogP) is 0.736. The SMILES string of the molecule is O=C(O)c1cc(CN2CC3CCC(C2)O3)on1. The van der Waals surface area contributed by atoms with Crippen LogP contribution >= 0.6 is 0 Å². The molecule has 1 aromatic heterocycles. The number of rotatable bonds is 3. The van der Waals surface area contributed by atoms with Crippen LogP contribution in [0.25, 0.3) is 0 Å². The highest BCUT2D eigenvalue weighted by Crippen LogP contribution is 2.27. The van der Waals surface area contributed by atoms with Crippen molar-refractivity contribution in [1.82, 2.24) is 10.1 Å². The Labute approximate surface area is 98.1 Å². The van der Waals surface area contributed by atoms with Crippen LogP contribution < -0.4 is 0 Å². The highest BCUT2D eigenvalue weighted by atomic mass is 16.5. The second-order valence-electron chi connectivity index (χ2n) is 4.64. The molecule has 2 unspecified atom stereocenters. The van der Waals surface area contributed by atoms with Gasteiger partial charge >= 0.3 is 5.97 Å². The van der Waals surface area contributed by atoms with Crippen molar-refractivity contribution in [3.8, 4) is 0 Å². The van der Waals surface area contributed by atoms with Gasteiger partial charge in [-0.05, 0) is 12.8 Å². The maximum Gasteiger partial charge on any atom is 0.358 e. The number of hydrogen-bond acceptors (Lipinski definition) is 5. The van der Waals surface area contributed by atoms with Crippen LogP contribution in [0.15, 0.2) is 10.6 Å². The molecule has 0 aliphatic carbocycles. The van der Waals surface area contributed by atoms with E-state index in [1.165, 1.54) is 6.07 Å². The topological polar surface area (TPSA) is 75.8 Å². The second-order valence-corrected chi connectivity index (χ2v) is 4.64. The molecule has 2 atom stereocenters. The molecule has 92 valence electrons. The number of ether oxygens (including phenoxy) is 1. The number of morpholine rings is 1. The van der Waals surface area contributed by atoms with Crippen molar-refractivity contribution < 1.29 is 19.2 Å². The number of hydrogen-bond donors (Lipinski definition) is 1. The fourth-order valence-corrected chi connectivity index (χ4v) is 2.54. The van der Waals surface area contributed by atoms with Crippen LogP contribution in [-0.2, 0) is 11.3 Å². The van der Waals surface area contributed by atoms with E-state index >= 15 is 0 Å². The van der Waals surface area contributed by atoms with Crippen LogP contribution in [0.5, 0.6) is 0 Å². The summed E-state index contributed by atoms with van der Waals surface area (Å²) in [5.74, 6) is -0.453. The Kier molecular flexibility index (Phi) is 2.60. The van der Waals surface area contributed by atoms with Gasteiger partial charge in [0, 0.05) is 19.2 Å². The first-order chi connectivity index (χ1) is 8.20. The van der Waals surface area contributed by atoms with Gasteiger partial charge in [-0.2, -0.15) is 0 Å². The fourth-order valence-electron chi connectivity index (χ4n) is 2.54. The average molecular weight is 238 g/mol. The van der Waals surface area contributed by atoms with E-state index in [-0.39, 0.29) is 5.69 Å².